The highest BCUT2D eigenvalue weighted by Crippen LogP contribution is 2.21. The lowest BCUT2D eigenvalue weighted by molar-refractivity contribution is 0.317. The maximum Gasteiger partial charge on any atom is 0.0650 e. The van der Waals surface area contributed by atoms with Gasteiger partial charge in [0.2, 0.25) is 0 Å². The van der Waals surface area contributed by atoms with Crippen LogP contribution in [-0.4, -0.2) is 16.7 Å². The summed E-state index contributed by atoms with van der Waals surface area (Å²) in [6.07, 6.45) is 3.30. The van der Waals surface area contributed by atoms with Gasteiger partial charge in [0.05, 0.1) is 11.8 Å². The largest absolute Gasteiger partial charge is 0.312 e. The highest BCUT2D eigenvalue weighted by atomic mass is 15.1. The van der Waals surface area contributed by atoms with E-state index in [1.165, 1.54) is 5.56 Å². The molecule has 0 unspecified atom stereocenters. The van der Waals surface area contributed by atoms with Gasteiger partial charge in [-0.25, -0.2) is 0 Å². The van der Waals surface area contributed by atoms with Crippen LogP contribution in [0, 0.1) is 16.7 Å². The monoisotopic (exact) mass is 282 g/mol. The van der Waals surface area contributed by atoms with Crippen molar-refractivity contribution in [2.45, 2.75) is 33.2 Å². The fourth-order valence-electron chi connectivity index (χ4n) is 2.25. The maximum atomic E-state index is 8.66. The molecule has 0 saturated carbocycles. The third-order valence-corrected chi connectivity index (χ3v) is 3.61. The second-order valence-corrected chi connectivity index (χ2v) is 6.09. The molecule has 0 aliphatic heterocycles. The molecule has 4 nitrogen and oxygen atoms in total. The number of hydrogen-bond donors (Lipinski definition) is 2. The molecule has 110 valence electrons. The normalized spacial score (nSPS) is 11.3. The summed E-state index contributed by atoms with van der Waals surface area (Å²) in [6, 6.07) is 12.6. The summed E-state index contributed by atoms with van der Waals surface area (Å²) in [7, 11) is 0. The van der Waals surface area contributed by atoms with E-state index in [1.54, 1.807) is 6.20 Å². The van der Waals surface area contributed by atoms with Crippen molar-refractivity contribution in [2.24, 2.45) is 5.41 Å². The first kappa shape index (κ1) is 15.3. The number of nitrogens with one attached hydrogen (secondary N) is 2. The average Bonchev–Trinajstić information content (AvgIpc) is 3.00. The second-order valence-electron chi connectivity index (χ2n) is 6.09. The van der Waals surface area contributed by atoms with Gasteiger partial charge in [-0.1, -0.05) is 38.1 Å². The highest BCUT2D eigenvalue weighted by molar-refractivity contribution is 5.58. The van der Waals surface area contributed by atoms with Crippen LogP contribution in [0.25, 0.3) is 11.3 Å². The van der Waals surface area contributed by atoms with Crippen LogP contribution in [0.4, 0.5) is 0 Å². The number of aromatic amines is 1. The van der Waals surface area contributed by atoms with Gasteiger partial charge in [0.1, 0.15) is 0 Å². The van der Waals surface area contributed by atoms with Crippen molar-refractivity contribution in [2.75, 3.05) is 6.54 Å². The number of H-pyrrole nitrogens is 1. The van der Waals surface area contributed by atoms with Crippen LogP contribution in [0.15, 0.2) is 36.5 Å². The summed E-state index contributed by atoms with van der Waals surface area (Å²) in [5, 5.41) is 19.1. The summed E-state index contributed by atoms with van der Waals surface area (Å²) in [6.45, 7) is 6.15. The first-order valence-electron chi connectivity index (χ1n) is 7.27. The molecule has 0 bridgehead atoms. The minimum atomic E-state index is 0.158. The molecule has 0 fully saturated rings. The van der Waals surface area contributed by atoms with Crippen LogP contribution < -0.4 is 5.32 Å². The van der Waals surface area contributed by atoms with Crippen LogP contribution >= 0.6 is 0 Å². The zero-order chi connectivity index (χ0) is 15.1. The van der Waals surface area contributed by atoms with E-state index < -0.39 is 0 Å². The molecule has 1 heterocycles. The number of nitrogens with zero attached hydrogens (tertiary/aromatic N) is 2. The Kier molecular flexibility index (Phi) is 5.13. The minimum absolute atomic E-state index is 0.158. The Morgan fingerprint density at radius 2 is 2.00 bits per heavy atom. The highest BCUT2D eigenvalue weighted by Gasteiger charge is 2.16. The van der Waals surface area contributed by atoms with Crippen molar-refractivity contribution < 1.29 is 0 Å². The molecule has 0 spiro atoms. The van der Waals surface area contributed by atoms with Crippen molar-refractivity contribution >= 4 is 0 Å². The Morgan fingerprint density at radius 3 is 2.62 bits per heavy atom. The van der Waals surface area contributed by atoms with Gasteiger partial charge in [-0.2, -0.15) is 10.4 Å². The van der Waals surface area contributed by atoms with Crippen molar-refractivity contribution in [3.63, 3.8) is 0 Å². The molecule has 0 saturated heterocycles. The van der Waals surface area contributed by atoms with E-state index in [0.717, 1.165) is 30.8 Å². The van der Waals surface area contributed by atoms with E-state index in [2.05, 4.69) is 59.7 Å². The van der Waals surface area contributed by atoms with E-state index in [4.69, 9.17) is 5.26 Å². The summed E-state index contributed by atoms with van der Waals surface area (Å²) >= 11 is 0. The number of nitriles is 1. The second kappa shape index (κ2) is 7.05. The number of rotatable bonds is 7. The molecular formula is C17H22N4. The van der Waals surface area contributed by atoms with Gasteiger partial charge < -0.3 is 5.32 Å². The molecule has 1 aromatic carbocycles. The Morgan fingerprint density at radius 1 is 1.24 bits per heavy atom. The maximum absolute atomic E-state index is 8.66. The molecule has 2 N–H and O–H groups in total. The Hall–Kier alpha value is -2.12. The van der Waals surface area contributed by atoms with Crippen molar-refractivity contribution in [1.29, 1.82) is 5.26 Å². The summed E-state index contributed by atoms with van der Waals surface area (Å²) in [5.41, 5.74) is 3.60. The third kappa shape index (κ3) is 4.73. The standard InChI is InChI=1S/C17H22N4/c1-17(2,9-3-10-18)13-19-12-14-4-6-15(7-5-14)16-8-11-20-21-16/h4-8,11,19H,3,9,12-13H2,1-2H3,(H,20,21). The van der Waals surface area contributed by atoms with Crippen molar-refractivity contribution in [3.05, 3.63) is 42.1 Å². The zero-order valence-corrected chi connectivity index (χ0v) is 12.7. The SMILES string of the molecule is CC(C)(CCC#N)CNCc1ccc(-c2ccn[nH]2)cc1. The molecule has 0 amide bonds. The third-order valence-electron chi connectivity index (χ3n) is 3.61. The average molecular weight is 282 g/mol. The lowest BCUT2D eigenvalue weighted by Crippen LogP contribution is -2.28. The van der Waals surface area contributed by atoms with E-state index in [9.17, 15) is 0 Å². The predicted octanol–water partition coefficient (Wildman–Crippen LogP) is 3.50. The van der Waals surface area contributed by atoms with Gasteiger partial charge in [0, 0.05) is 25.7 Å². The van der Waals surface area contributed by atoms with Crippen molar-refractivity contribution in [1.82, 2.24) is 15.5 Å². The number of benzene rings is 1. The lowest BCUT2D eigenvalue weighted by atomic mass is 9.88. The smallest absolute Gasteiger partial charge is 0.0650 e. The molecule has 0 aliphatic rings. The van der Waals surface area contributed by atoms with Crippen LogP contribution in [-0.2, 0) is 6.54 Å². The van der Waals surface area contributed by atoms with Gasteiger partial charge in [0.25, 0.3) is 0 Å². The molecule has 2 aromatic rings. The molecule has 4 heteroatoms. The predicted molar refractivity (Wildman–Crippen MR) is 84.4 cm³/mol. The van der Waals surface area contributed by atoms with Crippen LogP contribution in [0.3, 0.4) is 0 Å². The van der Waals surface area contributed by atoms with Crippen LogP contribution in [0.1, 0.15) is 32.3 Å². The molecule has 1 aromatic heterocycles. The summed E-state index contributed by atoms with van der Waals surface area (Å²) in [5.74, 6) is 0. The fraction of sp³-hybridized carbons (Fsp3) is 0.412. The van der Waals surface area contributed by atoms with Gasteiger partial charge in [-0.3, -0.25) is 5.10 Å². The molecule has 21 heavy (non-hydrogen) atoms. The molecular weight excluding hydrogens is 260 g/mol. The Balaban J connectivity index is 1.83. The van der Waals surface area contributed by atoms with E-state index in [0.29, 0.717) is 6.42 Å². The number of hydrogen-bond acceptors (Lipinski definition) is 3. The summed E-state index contributed by atoms with van der Waals surface area (Å²) in [4.78, 5) is 0. The van der Waals surface area contributed by atoms with Gasteiger partial charge >= 0.3 is 0 Å². The first-order valence-corrected chi connectivity index (χ1v) is 7.27. The Bertz CT molecular complexity index is 576. The zero-order valence-electron chi connectivity index (χ0n) is 12.7. The lowest BCUT2D eigenvalue weighted by Gasteiger charge is -2.23. The van der Waals surface area contributed by atoms with Gasteiger partial charge in [-0.05, 0) is 29.0 Å². The summed E-state index contributed by atoms with van der Waals surface area (Å²) < 4.78 is 0. The van der Waals surface area contributed by atoms with Gasteiger partial charge in [-0.15, -0.1) is 0 Å². The van der Waals surface area contributed by atoms with Crippen LogP contribution in [0.2, 0.25) is 0 Å². The fourth-order valence-corrected chi connectivity index (χ4v) is 2.25. The molecule has 0 aliphatic carbocycles. The minimum Gasteiger partial charge on any atom is -0.312 e. The van der Waals surface area contributed by atoms with E-state index in [-0.39, 0.29) is 5.41 Å². The topological polar surface area (TPSA) is 64.5 Å². The molecule has 0 atom stereocenters. The number of aromatic nitrogens is 2. The van der Waals surface area contributed by atoms with E-state index in [1.807, 2.05) is 6.07 Å². The first-order chi connectivity index (χ1) is 10.1. The van der Waals surface area contributed by atoms with E-state index >= 15 is 0 Å². The van der Waals surface area contributed by atoms with Crippen molar-refractivity contribution in [3.8, 4) is 17.3 Å². The van der Waals surface area contributed by atoms with Gasteiger partial charge in [0.15, 0.2) is 0 Å². The quantitative estimate of drug-likeness (QED) is 0.817. The molecule has 2 rings (SSSR count). The van der Waals surface area contributed by atoms with Crippen LogP contribution in [0.5, 0.6) is 0 Å². The molecule has 0 radical (unpaired) electrons. The Labute approximate surface area is 126 Å².